The molecule has 0 heterocycles. The molecule has 1 unspecified atom stereocenters. The van der Waals surface area contributed by atoms with Crippen molar-refractivity contribution in [3.05, 3.63) is 22.8 Å². The van der Waals surface area contributed by atoms with Crippen LogP contribution in [0.1, 0.15) is 52.4 Å². The molecule has 0 spiro atoms. The van der Waals surface area contributed by atoms with Gasteiger partial charge in [0.15, 0.2) is 0 Å². The summed E-state index contributed by atoms with van der Waals surface area (Å²) in [6, 6.07) is 0. The van der Waals surface area contributed by atoms with Gasteiger partial charge in [-0.15, -0.1) is 0 Å². The van der Waals surface area contributed by atoms with Crippen molar-refractivity contribution in [3.63, 3.8) is 0 Å². The zero-order valence-electron chi connectivity index (χ0n) is 13.5. The van der Waals surface area contributed by atoms with Gasteiger partial charge in [-0.3, -0.25) is 6.08 Å². The number of rotatable bonds is 2. The fourth-order valence-electron chi connectivity index (χ4n) is 2.71. The summed E-state index contributed by atoms with van der Waals surface area (Å²) in [6.07, 6.45) is 11.6. The molecule has 0 aromatic carbocycles. The van der Waals surface area contributed by atoms with Crippen molar-refractivity contribution in [2.45, 2.75) is 52.4 Å². The molecule has 2 aliphatic rings. The van der Waals surface area contributed by atoms with Crippen molar-refractivity contribution in [2.24, 2.45) is 5.92 Å². The van der Waals surface area contributed by atoms with Crippen LogP contribution in [0.25, 0.3) is 0 Å². The van der Waals surface area contributed by atoms with Crippen LogP contribution >= 0.6 is 0 Å². The van der Waals surface area contributed by atoms with E-state index in [0.29, 0.717) is 5.92 Å². The first-order valence-electron chi connectivity index (χ1n) is 6.94. The van der Waals surface area contributed by atoms with Crippen LogP contribution in [0.2, 0.25) is 0 Å². The van der Waals surface area contributed by atoms with Gasteiger partial charge in [-0.05, 0) is 6.42 Å². The fourth-order valence-corrected chi connectivity index (χ4v) is 2.71. The van der Waals surface area contributed by atoms with E-state index in [9.17, 15) is 0 Å². The van der Waals surface area contributed by atoms with E-state index in [0.717, 1.165) is 21.3 Å². The van der Waals surface area contributed by atoms with E-state index in [1.165, 1.54) is 38.5 Å². The van der Waals surface area contributed by atoms with Gasteiger partial charge in [-0.2, -0.15) is 32.5 Å². The molecular formula is C16H28O3Ti. The van der Waals surface area contributed by atoms with Crippen LogP contribution in [0, 0.1) is 12.0 Å². The van der Waals surface area contributed by atoms with Gasteiger partial charge in [0, 0.05) is 0 Å². The van der Waals surface area contributed by atoms with Gasteiger partial charge in [-0.1, -0.05) is 51.9 Å². The van der Waals surface area contributed by atoms with E-state index < -0.39 is 0 Å². The molecule has 4 heteroatoms. The van der Waals surface area contributed by atoms with Crippen molar-refractivity contribution in [1.82, 2.24) is 0 Å². The Labute approximate surface area is 139 Å². The maximum atomic E-state index is 8.25. The summed E-state index contributed by atoms with van der Waals surface area (Å²) in [5, 5.41) is 24.8. The topological polar surface area (TPSA) is 69.2 Å². The minimum Gasteiger partial charge on any atom is -0.857 e. The molecule has 0 saturated heterocycles. The number of hydrogen-bond acceptors (Lipinski definition) is 3. The van der Waals surface area contributed by atoms with E-state index in [-0.39, 0.29) is 21.7 Å². The Kier molecular flexibility index (Phi) is 21.5. The zero-order chi connectivity index (χ0) is 15.3. The molecule has 114 valence electrons. The standard InChI is InChI=1S/C13H19.3CH3O.Ti/c1-3-10-9-11(4-2)13-8-6-5-7-12(10)13;3*1-2;/h10H,3-8H2,1-2H3;3*1H3;/q4*-1;+4. The summed E-state index contributed by atoms with van der Waals surface area (Å²) in [5.74, 6) is 0.685. The molecule has 20 heavy (non-hydrogen) atoms. The summed E-state index contributed by atoms with van der Waals surface area (Å²) in [7, 11) is 2.25. The minimum atomic E-state index is 0. The van der Waals surface area contributed by atoms with Gasteiger partial charge >= 0.3 is 21.7 Å². The quantitative estimate of drug-likeness (QED) is 0.563. The summed E-state index contributed by atoms with van der Waals surface area (Å²) < 4.78 is 0. The maximum absolute atomic E-state index is 8.25. The summed E-state index contributed by atoms with van der Waals surface area (Å²) in [4.78, 5) is 0. The molecule has 0 N–H and O–H groups in total. The van der Waals surface area contributed by atoms with Crippen molar-refractivity contribution < 1.29 is 37.0 Å². The van der Waals surface area contributed by atoms with Crippen molar-refractivity contribution >= 4 is 0 Å². The van der Waals surface area contributed by atoms with Crippen LogP contribution < -0.4 is 15.3 Å². The second-order valence-corrected chi connectivity index (χ2v) is 4.15. The van der Waals surface area contributed by atoms with E-state index in [2.05, 4.69) is 19.9 Å². The molecule has 0 amide bonds. The van der Waals surface area contributed by atoms with E-state index >= 15 is 0 Å². The minimum absolute atomic E-state index is 0. The summed E-state index contributed by atoms with van der Waals surface area (Å²) in [6.45, 7) is 4.55. The Balaban J connectivity index is -0.000000368. The third-order valence-electron chi connectivity index (χ3n) is 3.41. The van der Waals surface area contributed by atoms with Gasteiger partial charge in [-0.25, -0.2) is 5.57 Å². The fraction of sp³-hybridized carbons (Fsp3) is 0.750. The molecule has 0 aromatic heterocycles. The van der Waals surface area contributed by atoms with Crippen LogP contribution in [0.3, 0.4) is 0 Å². The molecule has 0 bridgehead atoms. The molecule has 0 saturated carbocycles. The molecular weight excluding hydrogens is 288 g/mol. The molecule has 1 atom stereocenters. The van der Waals surface area contributed by atoms with Crippen LogP contribution in [0.4, 0.5) is 0 Å². The van der Waals surface area contributed by atoms with Gasteiger partial charge in [0.1, 0.15) is 0 Å². The third kappa shape index (κ3) is 7.19. The van der Waals surface area contributed by atoms with Crippen LogP contribution in [-0.2, 0) is 21.7 Å². The Morgan fingerprint density at radius 1 is 0.950 bits per heavy atom. The van der Waals surface area contributed by atoms with Crippen molar-refractivity contribution in [1.29, 1.82) is 0 Å². The van der Waals surface area contributed by atoms with Crippen molar-refractivity contribution in [3.8, 4) is 0 Å². The third-order valence-corrected chi connectivity index (χ3v) is 3.41. The molecule has 2 rings (SSSR count). The number of hydrogen-bond donors (Lipinski definition) is 0. The van der Waals surface area contributed by atoms with E-state index in [1.807, 2.05) is 0 Å². The summed E-state index contributed by atoms with van der Waals surface area (Å²) >= 11 is 0. The van der Waals surface area contributed by atoms with Gasteiger partial charge < -0.3 is 15.3 Å². The van der Waals surface area contributed by atoms with Gasteiger partial charge in [0.25, 0.3) is 0 Å². The predicted octanol–water partition coefficient (Wildman–Crippen LogP) is 0.963. The van der Waals surface area contributed by atoms with Crippen LogP contribution in [0.5, 0.6) is 0 Å². The molecule has 0 aromatic rings. The van der Waals surface area contributed by atoms with Gasteiger partial charge in [0.2, 0.25) is 0 Å². The Morgan fingerprint density at radius 3 is 1.90 bits per heavy atom. The zero-order valence-corrected chi connectivity index (χ0v) is 15.1. The molecule has 0 radical (unpaired) electrons. The Bertz CT molecular complexity index is 273. The second kappa shape index (κ2) is 17.1. The Hall–Kier alpha value is 0.0743. The monoisotopic (exact) mass is 316 g/mol. The van der Waals surface area contributed by atoms with Crippen LogP contribution in [-0.4, -0.2) is 21.3 Å². The van der Waals surface area contributed by atoms with Crippen LogP contribution in [0.15, 0.2) is 16.7 Å². The smallest absolute Gasteiger partial charge is 0.857 e. The maximum Gasteiger partial charge on any atom is 4.00 e. The largest absolute Gasteiger partial charge is 4.00 e. The average Bonchev–Trinajstić information content (AvgIpc) is 2.91. The average molecular weight is 316 g/mol. The van der Waals surface area contributed by atoms with Crippen molar-refractivity contribution in [2.75, 3.05) is 21.3 Å². The normalized spacial score (nSPS) is 18.8. The summed E-state index contributed by atoms with van der Waals surface area (Å²) in [5.41, 5.74) is 4.98. The number of allylic oxidation sites excluding steroid dienone is 4. The van der Waals surface area contributed by atoms with Gasteiger partial charge in [0.05, 0.1) is 0 Å². The Morgan fingerprint density at radius 2 is 1.45 bits per heavy atom. The van der Waals surface area contributed by atoms with E-state index in [4.69, 9.17) is 15.3 Å². The van der Waals surface area contributed by atoms with E-state index in [1.54, 1.807) is 16.7 Å². The first-order chi connectivity index (χ1) is 9.36. The first kappa shape index (κ1) is 25.1. The predicted molar refractivity (Wildman–Crippen MR) is 74.1 cm³/mol. The molecule has 0 aliphatic heterocycles. The molecule has 3 nitrogen and oxygen atoms in total. The SMILES string of the molecule is CCC1=[C-]C(CC)C2=C1CCCC2.C[O-].C[O-].C[O-].[Ti+4]. The molecule has 0 fully saturated rings. The first-order valence-corrected chi connectivity index (χ1v) is 6.94. The molecule has 2 aliphatic carbocycles. The second-order valence-electron chi connectivity index (χ2n) is 4.15.